The summed E-state index contributed by atoms with van der Waals surface area (Å²) in [6.07, 6.45) is 0. The second-order valence-electron chi connectivity index (χ2n) is 7.34. The first-order valence-electron chi connectivity index (χ1n) is 9.85. The van der Waals surface area contributed by atoms with Crippen molar-refractivity contribution in [3.05, 3.63) is 54.1 Å². The minimum atomic E-state index is -3.74. The van der Waals surface area contributed by atoms with Gasteiger partial charge in [-0.1, -0.05) is 12.1 Å². The first kappa shape index (κ1) is 22.1. The SMILES string of the molecule is CCN(C)C(=O)C1CN(S(=O)(=O)c2ccc(OC)cc2)CC1c1cccc(OC)c1. The fourth-order valence-corrected chi connectivity index (χ4v) is 5.25. The highest BCUT2D eigenvalue weighted by Gasteiger charge is 2.44. The molecule has 1 aliphatic rings. The number of methoxy groups -OCH3 is 2. The van der Waals surface area contributed by atoms with Gasteiger partial charge in [-0.15, -0.1) is 0 Å². The number of rotatable bonds is 7. The van der Waals surface area contributed by atoms with Gasteiger partial charge in [-0.25, -0.2) is 8.42 Å². The molecule has 3 rings (SSSR count). The van der Waals surface area contributed by atoms with E-state index in [9.17, 15) is 13.2 Å². The Morgan fingerprint density at radius 3 is 2.33 bits per heavy atom. The lowest BCUT2D eigenvalue weighted by molar-refractivity contribution is -0.133. The highest BCUT2D eigenvalue weighted by molar-refractivity contribution is 7.89. The molecule has 0 N–H and O–H groups in total. The lowest BCUT2D eigenvalue weighted by Gasteiger charge is -2.23. The van der Waals surface area contributed by atoms with Crippen LogP contribution in [0.5, 0.6) is 11.5 Å². The van der Waals surface area contributed by atoms with Gasteiger partial charge < -0.3 is 14.4 Å². The highest BCUT2D eigenvalue weighted by atomic mass is 32.2. The average Bonchev–Trinajstić information content (AvgIpc) is 3.24. The number of nitrogens with zero attached hydrogens (tertiary/aromatic N) is 2. The van der Waals surface area contributed by atoms with Crippen LogP contribution in [-0.2, 0) is 14.8 Å². The third-order valence-corrected chi connectivity index (χ3v) is 7.52. The Kier molecular flexibility index (Phi) is 6.67. The van der Waals surface area contributed by atoms with Crippen LogP contribution < -0.4 is 9.47 Å². The first-order valence-corrected chi connectivity index (χ1v) is 11.3. The molecule has 2 aromatic rings. The summed E-state index contributed by atoms with van der Waals surface area (Å²) in [6.45, 7) is 2.83. The summed E-state index contributed by atoms with van der Waals surface area (Å²) in [5.74, 6) is 0.490. The van der Waals surface area contributed by atoms with Crippen LogP contribution in [0.25, 0.3) is 0 Å². The molecule has 1 amide bonds. The van der Waals surface area contributed by atoms with Crippen molar-refractivity contribution in [2.45, 2.75) is 17.7 Å². The molecule has 0 spiro atoms. The molecule has 1 aliphatic heterocycles. The predicted molar refractivity (Wildman–Crippen MR) is 114 cm³/mol. The minimum Gasteiger partial charge on any atom is -0.497 e. The molecule has 8 heteroatoms. The molecule has 0 saturated carbocycles. The number of benzene rings is 2. The fourth-order valence-electron chi connectivity index (χ4n) is 3.76. The molecule has 2 atom stereocenters. The Balaban J connectivity index is 1.96. The van der Waals surface area contributed by atoms with E-state index >= 15 is 0 Å². The quantitative estimate of drug-likeness (QED) is 0.672. The van der Waals surface area contributed by atoms with Crippen molar-refractivity contribution < 1.29 is 22.7 Å². The van der Waals surface area contributed by atoms with Crippen LogP contribution in [0.3, 0.4) is 0 Å². The lowest BCUT2D eigenvalue weighted by Crippen LogP contribution is -2.36. The van der Waals surface area contributed by atoms with Crippen LogP contribution in [0.15, 0.2) is 53.4 Å². The van der Waals surface area contributed by atoms with Crippen LogP contribution in [0, 0.1) is 5.92 Å². The Hall–Kier alpha value is -2.58. The summed E-state index contributed by atoms with van der Waals surface area (Å²) >= 11 is 0. The number of carbonyl (C=O) groups excluding carboxylic acids is 1. The van der Waals surface area contributed by atoms with E-state index in [0.29, 0.717) is 18.0 Å². The molecule has 2 unspecified atom stereocenters. The summed E-state index contributed by atoms with van der Waals surface area (Å²) < 4.78 is 38.4. The van der Waals surface area contributed by atoms with E-state index in [1.54, 1.807) is 31.2 Å². The normalized spacial score (nSPS) is 19.5. The van der Waals surface area contributed by atoms with Crippen molar-refractivity contribution in [2.24, 2.45) is 5.92 Å². The van der Waals surface area contributed by atoms with Gasteiger partial charge >= 0.3 is 0 Å². The molecule has 0 aliphatic carbocycles. The molecular weight excluding hydrogens is 404 g/mol. The van der Waals surface area contributed by atoms with Crippen LogP contribution >= 0.6 is 0 Å². The Morgan fingerprint density at radius 2 is 1.73 bits per heavy atom. The number of amides is 1. The van der Waals surface area contributed by atoms with E-state index in [1.807, 2.05) is 31.2 Å². The molecule has 0 bridgehead atoms. The summed E-state index contributed by atoms with van der Waals surface area (Å²) in [5.41, 5.74) is 0.893. The molecule has 2 aromatic carbocycles. The molecule has 1 saturated heterocycles. The number of carbonyl (C=O) groups is 1. The molecule has 1 heterocycles. The third kappa shape index (κ3) is 4.29. The van der Waals surface area contributed by atoms with Crippen LogP contribution in [-0.4, -0.2) is 64.4 Å². The molecule has 30 heavy (non-hydrogen) atoms. The van der Waals surface area contributed by atoms with Gasteiger partial charge in [0.1, 0.15) is 11.5 Å². The van der Waals surface area contributed by atoms with Crippen LogP contribution in [0.1, 0.15) is 18.4 Å². The third-order valence-electron chi connectivity index (χ3n) is 5.67. The van der Waals surface area contributed by atoms with Gasteiger partial charge in [0.25, 0.3) is 0 Å². The number of hydrogen-bond donors (Lipinski definition) is 0. The van der Waals surface area contributed by atoms with E-state index < -0.39 is 15.9 Å². The van der Waals surface area contributed by atoms with Crippen molar-refractivity contribution in [1.29, 1.82) is 0 Å². The van der Waals surface area contributed by atoms with Gasteiger partial charge in [-0.2, -0.15) is 4.31 Å². The largest absolute Gasteiger partial charge is 0.497 e. The number of sulfonamides is 1. The van der Waals surface area contributed by atoms with Crippen molar-refractivity contribution in [2.75, 3.05) is 40.9 Å². The van der Waals surface area contributed by atoms with Crippen molar-refractivity contribution in [1.82, 2.24) is 9.21 Å². The fraction of sp³-hybridized carbons (Fsp3) is 0.409. The predicted octanol–water partition coefficient (Wildman–Crippen LogP) is 2.59. The monoisotopic (exact) mass is 432 g/mol. The second kappa shape index (κ2) is 9.06. The van der Waals surface area contributed by atoms with E-state index in [-0.39, 0.29) is 29.8 Å². The average molecular weight is 433 g/mol. The van der Waals surface area contributed by atoms with Gasteiger partial charge in [0, 0.05) is 32.6 Å². The van der Waals surface area contributed by atoms with Gasteiger partial charge in [0.15, 0.2) is 0 Å². The first-order chi connectivity index (χ1) is 14.3. The Labute approximate surface area is 178 Å². The Bertz CT molecular complexity index is 991. The van der Waals surface area contributed by atoms with Gasteiger partial charge in [-0.05, 0) is 48.9 Å². The van der Waals surface area contributed by atoms with Crippen molar-refractivity contribution >= 4 is 15.9 Å². The molecule has 7 nitrogen and oxygen atoms in total. The minimum absolute atomic E-state index is 0.0576. The van der Waals surface area contributed by atoms with Crippen LogP contribution in [0.4, 0.5) is 0 Å². The van der Waals surface area contributed by atoms with E-state index in [0.717, 1.165) is 5.56 Å². The standard InChI is InChI=1S/C22H28N2O5S/c1-5-23(2)22(25)21-15-24(14-20(21)16-7-6-8-18(13-16)29-4)30(26,27)19-11-9-17(28-3)10-12-19/h6-13,20-21H,5,14-15H2,1-4H3. The number of hydrogen-bond acceptors (Lipinski definition) is 5. The van der Waals surface area contributed by atoms with E-state index in [1.165, 1.54) is 23.5 Å². The van der Waals surface area contributed by atoms with E-state index in [4.69, 9.17) is 9.47 Å². The van der Waals surface area contributed by atoms with Gasteiger partial charge in [-0.3, -0.25) is 4.79 Å². The molecule has 0 aromatic heterocycles. The van der Waals surface area contributed by atoms with Gasteiger partial charge in [0.2, 0.25) is 15.9 Å². The summed E-state index contributed by atoms with van der Waals surface area (Å²) in [5, 5.41) is 0. The van der Waals surface area contributed by atoms with Gasteiger partial charge in [0.05, 0.1) is 25.0 Å². The zero-order valence-corrected chi connectivity index (χ0v) is 18.6. The summed E-state index contributed by atoms with van der Waals surface area (Å²) in [4.78, 5) is 14.9. The zero-order chi connectivity index (χ0) is 21.9. The lowest BCUT2D eigenvalue weighted by atomic mass is 9.88. The molecular formula is C22H28N2O5S. The maximum Gasteiger partial charge on any atom is 0.243 e. The highest BCUT2D eigenvalue weighted by Crippen LogP contribution is 2.38. The van der Waals surface area contributed by atoms with Crippen LogP contribution in [0.2, 0.25) is 0 Å². The smallest absolute Gasteiger partial charge is 0.243 e. The second-order valence-corrected chi connectivity index (χ2v) is 9.28. The molecule has 0 radical (unpaired) electrons. The summed E-state index contributed by atoms with van der Waals surface area (Å²) in [6, 6.07) is 13.8. The maximum absolute atomic E-state index is 13.3. The van der Waals surface area contributed by atoms with Crippen molar-refractivity contribution in [3.63, 3.8) is 0 Å². The van der Waals surface area contributed by atoms with Crippen molar-refractivity contribution in [3.8, 4) is 11.5 Å². The van der Waals surface area contributed by atoms with E-state index in [2.05, 4.69) is 0 Å². The molecule has 162 valence electrons. The number of ether oxygens (including phenoxy) is 2. The summed E-state index contributed by atoms with van der Waals surface area (Å²) in [7, 11) is 1.11. The maximum atomic E-state index is 13.3. The topological polar surface area (TPSA) is 76.2 Å². The zero-order valence-electron chi connectivity index (χ0n) is 17.7. The molecule has 1 fully saturated rings. The Morgan fingerprint density at radius 1 is 1.07 bits per heavy atom.